The number of ether oxygens (including phenoxy) is 4. The number of amides is 2. The van der Waals surface area contributed by atoms with Crippen molar-refractivity contribution in [3.8, 4) is 17.2 Å². The van der Waals surface area contributed by atoms with Crippen LogP contribution in [0.1, 0.15) is 39.2 Å². The van der Waals surface area contributed by atoms with Crippen molar-refractivity contribution in [2.24, 2.45) is 0 Å². The topological polar surface area (TPSA) is 98.4 Å². The van der Waals surface area contributed by atoms with Gasteiger partial charge in [0.1, 0.15) is 11.4 Å². The van der Waals surface area contributed by atoms with Gasteiger partial charge in [-0.25, -0.2) is 4.79 Å². The minimum Gasteiger partial charge on any atom is -0.496 e. The number of alkyl carbamates (subject to hydrolysis) is 1. The van der Waals surface area contributed by atoms with Crippen LogP contribution in [0.5, 0.6) is 17.2 Å². The van der Waals surface area contributed by atoms with Crippen LogP contribution in [0.15, 0.2) is 12.1 Å². The van der Waals surface area contributed by atoms with Crippen LogP contribution in [0.4, 0.5) is 4.79 Å². The van der Waals surface area contributed by atoms with Gasteiger partial charge < -0.3 is 29.6 Å². The van der Waals surface area contributed by atoms with Crippen LogP contribution in [0.3, 0.4) is 0 Å². The minimum atomic E-state index is -0.514. The van der Waals surface area contributed by atoms with E-state index in [2.05, 4.69) is 15.5 Å². The van der Waals surface area contributed by atoms with Crippen molar-refractivity contribution >= 4 is 12.0 Å². The monoisotopic (exact) mass is 437 g/mol. The van der Waals surface area contributed by atoms with Crippen LogP contribution in [0, 0.1) is 0 Å². The Kier molecular flexibility index (Phi) is 8.79. The van der Waals surface area contributed by atoms with Crippen LogP contribution >= 0.6 is 0 Å². The minimum absolute atomic E-state index is 0.0604. The molecule has 1 fully saturated rings. The SMILES string of the molecule is COc1cc(OC)c(OC)cc1CNC(=O)CN1CCC(NC(=O)OC(C)(C)C)CC1. The summed E-state index contributed by atoms with van der Waals surface area (Å²) in [6.45, 7) is 7.59. The summed E-state index contributed by atoms with van der Waals surface area (Å²) in [5, 5.41) is 5.84. The summed E-state index contributed by atoms with van der Waals surface area (Å²) in [5.41, 5.74) is 0.285. The lowest BCUT2D eigenvalue weighted by molar-refractivity contribution is -0.122. The Balaban J connectivity index is 1.80. The fraction of sp³-hybridized carbons (Fsp3) is 0.636. The first-order chi connectivity index (χ1) is 14.6. The van der Waals surface area contributed by atoms with Gasteiger partial charge in [-0.15, -0.1) is 0 Å². The zero-order valence-electron chi connectivity index (χ0n) is 19.4. The maximum Gasteiger partial charge on any atom is 0.407 e. The molecule has 0 aromatic heterocycles. The highest BCUT2D eigenvalue weighted by atomic mass is 16.6. The van der Waals surface area contributed by atoms with Crippen molar-refractivity contribution in [3.05, 3.63) is 17.7 Å². The Morgan fingerprint density at radius 2 is 1.58 bits per heavy atom. The van der Waals surface area contributed by atoms with E-state index in [-0.39, 0.29) is 11.9 Å². The molecule has 0 atom stereocenters. The number of methoxy groups -OCH3 is 3. The Hall–Kier alpha value is -2.68. The molecule has 0 aliphatic carbocycles. The Bertz CT molecular complexity index is 754. The predicted octanol–water partition coefficient (Wildman–Crippen LogP) is 2.32. The molecule has 0 radical (unpaired) electrons. The third-order valence-electron chi connectivity index (χ3n) is 4.94. The lowest BCUT2D eigenvalue weighted by Gasteiger charge is -2.32. The van der Waals surface area contributed by atoms with Gasteiger partial charge in [-0.2, -0.15) is 0 Å². The lowest BCUT2D eigenvalue weighted by atomic mass is 10.1. The number of benzene rings is 1. The number of hydrogen-bond acceptors (Lipinski definition) is 7. The van der Waals surface area contributed by atoms with Gasteiger partial charge in [-0.1, -0.05) is 0 Å². The molecule has 0 spiro atoms. The van der Waals surface area contributed by atoms with E-state index in [1.807, 2.05) is 20.8 Å². The lowest BCUT2D eigenvalue weighted by Crippen LogP contribution is -2.48. The molecule has 0 saturated carbocycles. The van der Waals surface area contributed by atoms with Crippen LogP contribution in [0.2, 0.25) is 0 Å². The maximum absolute atomic E-state index is 12.4. The fourth-order valence-electron chi connectivity index (χ4n) is 3.39. The smallest absolute Gasteiger partial charge is 0.407 e. The normalized spacial score (nSPS) is 15.2. The van der Waals surface area contributed by atoms with Crippen molar-refractivity contribution in [3.63, 3.8) is 0 Å². The van der Waals surface area contributed by atoms with Crippen molar-refractivity contribution < 1.29 is 28.5 Å². The summed E-state index contributed by atoms with van der Waals surface area (Å²) in [6.07, 6.45) is 1.15. The third-order valence-corrected chi connectivity index (χ3v) is 4.94. The fourth-order valence-corrected chi connectivity index (χ4v) is 3.39. The molecule has 2 N–H and O–H groups in total. The summed E-state index contributed by atoms with van der Waals surface area (Å²) >= 11 is 0. The molecule has 1 aliphatic heterocycles. The van der Waals surface area contributed by atoms with Gasteiger partial charge in [-0.3, -0.25) is 9.69 Å². The van der Waals surface area contributed by atoms with E-state index < -0.39 is 11.7 Å². The number of piperidine rings is 1. The van der Waals surface area contributed by atoms with Gasteiger partial charge in [0, 0.05) is 37.3 Å². The number of nitrogens with one attached hydrogen (secondary N) is 2. The molecule has 0 unspecified atom stereocenters. The zero-order chi connectivity index (χ0) is 23.0. The molecule has 2 rings (SSSR count). The van der Waals surface area contributed by atoms with Crippen LogP contribution in [-0.2, 0) is 16.1 Å². The number of rotatable bonds is 8. The highest BCUT2D eigenvalue weighted by molar-refractivity contribution is 5.78. The second-order valence-corrected chi connectivity index (χ2v) is 8.49. The molecule has 1 aromatic rings. The first-order valence-electron chi connectivity index (χ1n) is 10.4. The van der Waals surface area contributed by atoms with Crippen LogP contribution in [0.25, 0.3) is 0 Å². The van der Waals surface area contributed by atoms with E-state index in [0.29, 0.717) is 30.3 Å². The van der Waals surface area contributed by atoms with Gasteiger partial charge >= 0.3 is 6.09 Å². The number of likely N-dealkylation sites (tertiary alicyclic amines) is 1. The van der Waals surface area contributed by atoms with Crippen molar-refractivity contribution in [2.45, 2.75) is 51.8 Å². The Labute approximate surface area is 184 Å². The first kappa shape index (κ1) is 24.6. The summed E-state index contributed by atoms with van der Waals surface area (Å²) in [4.78, 5) is 26.4. The van der Waals surface area contributed by atoms with Crippen molar-refractivity contribution in [1.82, 2.24) is 15.5 Å². The van der Waals surface area contributed by atoms with Gasteiger partial charge in [0.05, 0.1) is 27.9 Å². The van der Waals surface area contributed by atoms with Crippen molar-refractivity contribution in [2.75, 3.05) is 41.0 Å². The third kappa shape index (κ3) is 7.82. The Morgan fingerprint density at radius 3 is 2.13 bits per heavy atom. The predicted molar refractivity (Wildman–Crippen MR) is 117 cm³/mol. The van der Waals surface area contributed by atoms with Crippen LogP contribution < -0.4 is 24.8 Å². The van der Waals surface area contributed by atoms with E-state index in [0.717, 1.165) is 31.5 Å². The average molecular weight is 438 g/mol. The summed E-state index contributed by atoms with van der Waals surface area (Å²) in [6, 6.07) is 3.60. The number of carbonyl (C=O) groups is 2. The van der Waals surface area contributed by atoms with E-state index in [1.54, 1.807) is 33.5 Å². The van der Waals surface area contributed by atoms with Gasteiger partial charge in [0.25, 0.3) is 0 Å². The van der Waals surface area contributed by atoms with Crippen molar-refractivity contribution in [1.29, 1.82) is 0 Å². The molecule has 1 aromatic carbocycles. The highest BCUT2D eigenvalue weighted by Crippen LogP contribution is 2.34. The average Bonchev–Trinajstić information content (AvgIpc) is 2.71. The molecule has 1 aliphatic rings. The molecule has 31 heavy (non-hydrogen) atoms. The molecule has 1 heterocycles. The molecule has 2 amide bonds. The molecular formula is C22H35N3O6. The summed E-state index contributed by atoms with van der Waals surface area (Å²) in [7, 11) is 4.70. The van der Waals surface area contributed by atoms with Gasteiger partial charge in [0.15, 0.2) is 11.5 Å². The molecule has 1 saturated heterocycles. The molecule has 174 valence electrons. The standard InChI is InChI=1S/C22H35N3O6/c1-22(2,3)31-21(27)24-16-7-9-25(10-8-16)14-20(26)23-13-15-11-18(29-5)19(30-6)12-17(15)28-4/h11-12,16H,7-10,13-14H2,1-6H3,(H,23,26)(H,24,27). The van der Waals surface area contributed by atoms with E-state index in [9.17, 15) is 9.59 Å². The number of carbonyl (C=O) groups excluding carboxylic acids is 2. The molecular weight excluding hydrogens is 402 g/mol. The van der Waals surface area contributed by atoms with Crippen LogP contribution in [-0.4, -0.2) is 69.5 Å². The summed E-state index contributed by atoms with van der Waals surface area (Å²) in [5.74, 6) is 1.69. The molecule has 0 bridgehead atoms. The van der Waals surface area contributed by atoms with E-state index in [4.69, 9.17) is 18.9 Å². The second kappa shape index (κ2) is 11.1. The molecule has 9 heteroatoms. The van der Waals surface area contributed by atoms with Gasteiger partial charge in [0.2, 0.25) is 5.91 Å². The van der Waals surface area contributed by atoms with E-state index >= 15 is 0 Å². The first-order valence-corrected chi connectivity index (χ1v) is 10.4. The number of nitrogens with zero attached hydrogens (tertiary/aromatic N) is 1. The summed E-state index contributed by atoms with van der Waals surface area (Å²) < 4.78 is 21.3. The number of hydrogen-bond donors (Lipinski definition) is 2. The highest BCUT2D eigenvalue weighted by Gasteiger charge is 2.24. The second-order valence-electron chi connectivity index (χ2n) is 8.49. The quantitative estimate of drug-likeness (QED) is 0.644. The maximum atomic E-state index is 12.4. The Morgan fingerprint density at radius 1 is 1.00 bits per heavy atom. The zero-order valence-corrected chi connectivity index (χ0v) is 19.4. The van der Waals surface area contributed by atoms with E-state index in [1.165, 1.54) is 0 Å². The molecule has 9 nitrogen and oxygen atoms in total. The largest absolute Gasteiger partial charge is 0.496 e. The van der Waals surface area contributed by atoms with Gasteiger partial charge in [-0.05, 0) is 39.7 Å².